The molecule has 0 aliphatic rings. The van der Waals surface area contributed by atoms with E-state index in [1.807, 2.05) is 24.7 Å². The fourth-order valence-electron chi connectivity index (χ4n) is 2.15. The minimum Gasteiger partial charge on any atom is -0.478 e. The number of aromatic carboxylic acids is 1. The van der Waals surface area contributed by atoms with Crippen molar-refractivity contribution in [2.24, 2.45) is 7.05 Å². The van der Waals surface area contributed by atoms with Crippen molar-refractivity contribution in [1.82, 2.24) is 9.78 Å². The molecule has 0 atom stereocenters. The first-order valence-electron chi connectivity index (χ1n) is 5.83. The van der Waals surface area contributed by atoms with E-state index in [4.69, 9.17) is 5.11 Å². The molecule has 1 aromatic carbocycles. The van der Waals surface area contributed by atoms with Crippen molar-refractivity contribution in [3.63, 3.8) is 0 Å². The molecule has 4 nitrogen and oxygen atoms in total. The summed E-state index contributed by atoms with van der Waals surface area (Å²) >= 11 is 1.63. The summed E-state index contributed by atoms with van der Waals surface area (Å²) in [5, 5.41) is 14.5. The predicted octanol–water partition coefficient (Wildman–Crippen LogP) is 3.31. The number of rotatable bonds is 2. The molecule has 19 heavy (non-hydrogen) atoms. The summed E-state index contributed by atoms with van der Waals surface area (Å²) in [6.45, 7) is 1.98. The Morgan fingerprint density at radius 1 is 1.37 bits per heavy atom. The normalized spacial score (nSPS) is 11.1. The average Bonchev–Trinajstić information content (AvgIpc) is 2.93. The first-order chi connectivity index (χ1) is 9.06. The SMILES string of the molecule is Cc1nn(C)c2sc(-c3cccc(C(=O)O)c3)cc12. The van der Waals surface area contributed by atoms with E-state index < -0.39 is 5.97 Å². The lowest BCUT2D eigenvalue weighted by atomic mass is 10.1. The van der Waals surface area contributed by atoms with E-state index in [1.54, 1.807) is 29.5 Å². The largest absolute Gasteiger partial charge is 0.478 e. The second-order valence-corrected chi connectivity index (χ2v) is 5.46. The zero-order valence-electron chi connectivity index (χ0n) is 10.5. The third-order valence-electron chi connectivity index (χ3n) is 3.09. The fraction of sp³-hybridized carbons (Fsp3) is 0.143. The van der Waals surface area contributed by atoms with Gasteiger partial charge in [-0.05, 0) is 30.7 Å². The van der Waals surface area contributed by atoms with Crippen LogP contribution in [0.1, 0.15) is 16.1 Å². The van der Waals surface area contributed by atoms with Crippen molar-refractivity contribution >= 4 is 27.5 Å². The minimum atomic E-state index is -0.902. The standard InChI is InChI=1S/C14H12N2O2S/c1-8-11-7-12(19-13(11)16(2)15-8)9-4-3-5-10(6-9)14(17)18/h3-7H,1-2H3,(H,17,18). The molecule has 0 saturated heterocycles. The van der Waals surface area contributed by atoms with Crippen LogP contribution in [-0.4, -0.2) is 20.9 Å². The molecule has 0 saturated carbocycles. The highest BCUT2D eigenvalue weighted by atomic mass is 32.1. The van der Waals surface area contributed by atoms with Crippen LogP contribution in [0.3, 0.4) is 0 Å². The number of carboxylic acids is 1. The van der Waals surface area contributed by atoms with Gasteiger partial charge in [0.2, 0.25) is 0 Å². The van der Waals surface area contributed by atoms with Crippen molar-refractivity contribution in [1.29, 1.82) is 0 Å². The Balaban J connectivity index is 2.16. The maximum absolute atomic E-state index is 11.0. The van der Waals surface area contributed by atoms with E-state index in [0.717, 1.165) is 26.4 Å². The summed E-state index contributed by atoms with van der Waals surface area (Å²) in [6.07, 6.45) is 0. The van der Waals surface area contributed by atoms with Crippen LogP contribution in [-0.2, 0) is 7.05 Å². The molecule has 0 unspecified atom stereocenters. The predicted molar refractivity (Wildman–Crippen MR) is 75.7 cm³/mol. The number of aryl methyl sites for hydroxylation is 2. The van der Waals surface area contributed by atoms with Gasteiger partial charge in [-0.2, -0.15) is 5.10 Å². The summed E-state index contributed by atoms with van der Waals surface area (Å²) in [7, 11) is 1.92. The van der Waals surface area contributed by atoms with Crippen molar-refractivity contribution < 1.29 is 9.90 Å². The topological polar surface area (TPSA) is 55.1 Å². The van der Waals surface area contributed by atoms with Crippen molar-refractivity contribution in [2.75, 3.05) is 0 Å². The summed E-state index contributed by atoms with van der Waals surface area (Å²) < 4.78 is 1.86. The van der Waals surface area contributed by atoms with Crippen LogP contribution in [0.5, 0.6) is 0 Å². The number of thiophene rings is 1. The second kappa shape index (κ2) is 4.20. The lowest BCUT2D eigenvalue weighted by molar-refractivity contribution is 0.0697. The van der Waals surface area contributed by atoms with E-state index >= 15 is 0 Å². The minimum absolute atomic E-state index is 0.310. The number of benzene rings is 1. The van der Waals surface area contributed by atoms with Gasteiger partial charge in [0.25, 0.3) is 0 Å². The Kier molecular flexibility index (Phi) is 2.64. The van der Waals surface area contributed by atoms with Gasteiger partial charge in [0.05, 0.1) is 11.3 Å². The van der Waals surface area contributed by atoms with E-state index in [2.05, 4.69) is 11.2 Å². The maximum atomic E-state index is 11.0. The van der Waals surface area contributed by atoms with Crippen LogP contribution in [0.25, 0.3) is 20.7 Å². The Morgan fingerprint density at radius 3 is 2.84 bits per heavy atom. The van der Waals surface area contributed by atoms with Crippen molar-refractivity contribution in [3.05, 3.63) is 41.6 Å². The Bertz CT molecular complexity index is 751. The molecule has 96 valence electrons. The fourth-order valence-corrected chi connectivity index (χ4v) is 3.27. The number of hydrogen-bond donors (Lipinski definition) is 1. The van der Waals surface area contributed by atoms with Gasteiger partial charge in [-0.3, -0.25) is 4.68 Å². The maximum Gasteiger partial charge on any atom is 0.335 e. The third-order valence-corrected chi connectivity index (χ3v) is 4.34. The van der Waals surface area contributed by atoms with Crippen LogP contribution in [0.15, 0.2) is 30.3 Å². The van der Waals surface area contributed by atoms with Gasteiger partial charge in [-0.25, -0.2) is 4.79 Å². The molecule has 2 aromatic heterocycles. The first-order valence-corrected chi connectivity index (χ1v) is 6.65. The quantitative estimate of drug-likeness (QED) is 0.778. The molecule has 0 bridgehead atoms. The molecule has 3 rings (SSSR count). The number of fused-ring (bicyclic) bond motifs is 1. The average molecular weight is 272 g/mol. The molecule has 0 fully saturated rings. The van der Waals surface area contributed by atoms with Gasteiger partial charge < -0.3 is 5.11 Å². The molecule has 5 heteroatoms. The van der Waals surface area contributed by atoms with Crippen LogP contribution in [0.4, 0.5) is 0 Å². The zero-order chi connectivity index (χ0) is 13.6. The molecule has 1 N–H and O–H groups in total. The molecule has 3 aromatic rings. The number of carboxylic acid groups (broad SMARTS) is 1. The van der Waals surface area contributed by atoms with E-state index in [1.165, 1.54) is 0 Å². The molecule has 0 spiro atoms. The van der Waals surface area contributed by atoms with Crippen LogP contribution >= 0.6 is 11.3 Å². The number of nitrogens with zero attached hydrogens (tertiary/aromatic N) is 2. The number of hydrogen-bond acceptors (Lipinski definition) is 3. The number of carbonyl (C=O) groups is 1. The zero-order valence-corrected chi connectivity index (χ0v) is 11.4. The summed E-state index contributed by atoms with van der Waals surface area (Å²) in [4.78, 5) is 13.2. The van der Waals surface area contributed by atoms with Crippen molar-refractivity contribution in [3.8, 4) is 10.4 Å². The van der Waals surface area contributed by atoms with Gasteiger partial charge in [0, 0.05) is 17.3 Å². The van der Waals surface area contributed by atoms with Gasteiger partial charge in [-0.1, -0.05) is 12.1 Å². The highest BCUT2D eigenvalue weighted by Crippen LogP contribution is 2.34. The van der Waals surface area contributed by atoms with E-state index in [-0.39, 0.29) is 0 Å². The number of aromatic nitrogens is 2. The summed E-state index contributed by atoms with van der Waals surface area (Å²) in [6, 6.07) is 9.08. The van der Waals surface area contributed by atoms with Crippen LogP contribution in [0.2, 0.25) is 0 Å². The first kappa shape index (κ1) is 11.9. The molecular weight excluding hydrogens is 260 g/mol. The van der Waals surface area contributed by atoms with E-state index in [9.17, 15) is 4.79 Å². The van der Waals surface area contributed by atoms with Gasteiger partial charge in [0.1, 0.15) is 4.83 Å². The Morgan fingerprint density at radius 2 is 2.16 bits per heavy atom. The van der Waals surface area contributed by atoms with Crippen LogP contribution < -0.4 is 0 Å². The molecular formula is C14H12N2O2S. The molecule has 0 radical (unpaired) electrons. The summed E-state index contributed by atoms with van der Waals surface area (Å²) in [5.74, 6) is -0.902. The Labute approximate surface area is 113 Å². The smallest absolute Gasteiger partial charge is 0.335 e. The lowest BCUT2D eigenvalue weighted by Gasteiger charge is -1.99. The van der Waals surface area contributed by atoms with E-state index in [0.29, 0.717) is 5.56 Å². The molecule has 2 heterocycles. The highest BCUT2D eigenvalue weighted by Gasteiger charge is 2.12. The van der Waals surface area contributed by atoms with Crippen molar-refractivity contribution in [2.45, 2.75) is 6.92 Å². The second-order valence-electron chi connectivity index (χ2n) is 4.42. The lowest BCUT2D eigenvalue weighted by Crippen LogP contribution is -1.95. The Hall–Kier alpha value is -2.14. The third kappa shape index (κ3) is 1.92. The molecule has 0 amide bonds. The summed E-state index contributed by atoms with van der Waals surface area (Å²) in [5.41, 5.74) is 2.24. The van der Waals surface area contributed by atoms with Gasteiger partial charge in [-0.15, -0.1) is 11.3 Å². The monoisotopic (exact) mass is 272 g/mol. The highest BCUT2D eigenvalue weighted by molar-refractivity contribution is 7.21. The van der Waals surface area contributed by atoms with Crippen LogP contribution in [0, 0.1) is 6.92 Å². The van der Waals surface area contributed by atoms with Gasteiger partial charge in [0.15, 0.2) is 0 Å². The van der Waals surface area contributed by atoms with Gasteiger partial charge >= 0.3 is 5.97 Å². The molecule has 0 aliphatic heterocycles. The molecule has 0 aliphatic carbocycles.